The van der Waals surface area contributed by atoms with Crippen LogP contribution in [0.2, 0.25) is 0 Å². The number of nitrogens with zero attached hydrogens (tertiary/aromatic N) is 1. The van der Waals surface area contributed by atoms with E-state index in [1.54, 1.807) is 12.1 Å². The average molecular weight is 384 g/mol. The summed E-state index contributed by atoms with van der Waals surface area (Å²) in [6.07, 6.45) is 2.32. The summed E-state index contributed by atoms with van der Waals surface area (Å²) in [5.74, 6) is -0.445. The Labute approximate surface area is 150 Å². The molecular weight excluding hydrogens is 366 g/mol. The van der Waals surface area contributed by atoms with Crippen molar-refractivity contribution < 1.29 is 4.79 Å². The molecule has 4 nitrogen and oxygen atoms in total. The number of carbonyl (C=O) groups is 1. The fraction of sp³-hybridized carbons (Fsp3) is 0.158. The fourth-order valence-corrected chi connectivity index (χ4v) is 2.52. The number of carbonyl (C=O) groups excluding carboxylic acids is 1. The molecule has 2 aromatic rings. The second kappa shape index (κ2) is 8.32. The van der Waals surface area contributed by atoms with Crippen LogP contribution in [0.25, 0.3) is 0 Å². The number of halogens is 1. The second-order valence-electron chi connectivity index (χ2n) is 5.24. The standard InChI is InChI=1S/C19H18BrN3O/c1-3-14-6-4-5-13(2)18(14)22-12-15(11-21)19(24)23-17-9-7-16(20)8-10-17/h4-10,12,22H,3H2,1-2H3,(H,23,24)/b15-12-. The lowest BCUT2D eigenvalue weighted by Crippen LogP contribution is -2.14. The summed E-state index contributed by atoms with van der Waals surface area (Å²) >= 11 is 3.34. The number of para-hydroxylation sites is 1. The lowest BCUT2D eigenvalue weighted by Gasteiger charge is -2.11. The number of hydrogen-bond acceptors (Lipinski definition) is 3. The first kappa shape index (κ1) is 17.8. The lowest BCUT2D eigenvalue weighted by molar-refractivity contribution is -0.112. The fourth-order valence-electron chi connectivity index (χ4n) is 2.25. The van der Waals surface area contributed by atoms with E-state index in [4.69, 9.17) is 0 Å². The maximum Gasteiger partial charge on any atom is 0.267 e. The number of amides is 1. The number of rotatable bonds is 5. The van der Waals surface area contributed by atoms with Crippen LogP contribution in [0.3, 0.4) is 0 Å². The smallest absolute Gasteiger partial charge is 0.267 e. The Bertz CT molecular complexity index is 804. The second-order valence-corrected chi connectivity index (χ2v) is 6.15. The molecule has 0 saturated heterocycles. The first-order chi connectivity index (χ1) is 11.5. The van der Waals surface area contributed by atoms with Crippen molar-refractivity contribution in [2.45, 2.75) is 20.3 Å². The highest BCUT2D eigenvalue weighted by Crippen LogP contribution is 2.21. The highest BCUT2D eigenvalue weighted by molar-refractivity contribution is 9.10. The number of benzene rings is 2. The monoisotopic (exact) mass is 383 g/mol. The summed E-state index contributed by atoms with van der Waals surface area (Å²) < 4.78 is 0.921. The zero-order chi connectivity index (χ0) is 17.5. The van der Waals surface area contributed by atoms with Crippen LogP contribution in [-0.2, 0) is 11.2 Å². The molecule has 0 heterocycles. The van der Waals surface area contributed by atoms with Gasteiger partial charge in [-0.25, -0.2) is 0 Å². The van der Waals surface area contributed by atoms with Gasteiger partial charge < -0.3 is 10.6 Å². The quantitative estimate of drug-likeness (QED) is 0.576. The van der Waals surface area contributed by atoms with Gasteiger partial charge in [0, 0.05) is 22.0 Å². The van der Waals surface area contributed by atoms with E-state index in [1.165, 1.54) is 6.20 Å². The number of aryl methyl sites for hydroxylation is 2. The molecule has 0 bridgehead atoms. The van der Waals surface area contributed by atoms with E-state index in [0.717, 1.165) is 27.7 Å². The maximum absolute atomic E-state index is 12.2. The molecule has 0 aromatic heterocycles. The van der Waals surface area contributed by atoms with Crippen LogP contribution < -0.4 is 10.6 Å². The molecule has 1 amide bonds. The Hall–Kier alpha value is -2.58. The maximum atomic E-state index is 12.2. The minimum absolute atomic E-state index is 0.0169. The Morgan fingerprint density at radius 1 is 1.25 bits per heavy atom. The van der Waals surface area contributed by atoms with Gasteiger partial charge in [0.05, 0.1) is 0 Å². The topological polar surface area (TPSA) is 64.9 Å². The van der Waals surface area contributed by atoms with Gasteiger partial charge in [-0.15, -0.1) is 0 Å². The Morgan fingerprint density at radius 3 is 2.58 bits per heavy atom. The molecule has 0 unspecified atom stereocenters. The van der Waals surface area contributed by atoms with Crippen LogP contribution in [-0.4, -0.2) is 5.91 Å². The van der Waals surface area contributed by atoms with Crippen LogP contribution in [0, 0.1) is 18.3 Å². The molecular formula is C19H18BrN3O. The van der Waals surface area contributed by atoms with Gasteiger partial charge in [0.1, 0.15) is 11.6 Å². The molecule has 24 heavy (non-hydrogen) atoms. The van der Waals surface area contributed by atoms with Gasteiger partial charge in [-0.2, -0.15) is 5.26 Å². The number of hydrogen-bond donors (Lipinski definition) is 2. The predicted octanol–water partition coefficient (Wildman–Crippen LogP) is 4.78. The van der Waals surface area contributed by atoms with Crippen LogP contribution in [0.15, 0.2) is 58.7 Å². The van der Waals surface area contributed by atoms with Gasteiger partial charge in [0.15, 0.2) is 0 Å². The lowest BCUT2D eigenvalue weighted by atomic mass is 10.1. The van der Waals surface area contributed by atoms with Gasteiger partial charge >= 0.3 is 0 Å². The third-order valence-corrected chi connectivity index (χ3v) is 4.10. The first-order valence-corrected chi connectivity index (χ1v) is 8.36. The van der Waals surface area contributed by atoms with Crippen molar-refractivity contribution in [3.8, 4) is 6.07 Å². The molecule has 2 rings (SSSR count). The first-order valence-electron chi connectivity index (χ1n) is 7.57. The molecule has 0 aliphatic rings. The van der Waals surface area contributed by atoms with Crippen LogP contribution in [0.5, 0.6) is 0 Å². The Morgan fingerprint density at radius 2 is 1.96 bits per heavy atom. The SMILES string of the molecule is CCc1cccc(C)c1N/C=C(/C#N)C(=O)Nc1ccc(Br)cc1. The average Bonchev–Trinajstić information content (AvgIpc) is 2.58. The van der Waals surface area contributed by atoms with Crippen LogP contribution >= 0.6 is 15.9 Å². The summed E-state index contributed by atoms with van der Waals surface area (Å²) in [5, 5.41) is 15.1. The molecule has 0 fully saturated rings. The van der Waals surface area contributed by atoms with Crippen molar-refractivity contribution in [3.05, 3.63) is 69.8 Å². The van der Waals surface area contributed by atoms with Crippen molar-refractivity contribution in [1.82, 2.24) is 0 Å². The number of anilines is 2. The van der Waals surface area contributed by atoms with Crippen molar-refractivity contribution in [1.29, 1.82) is 5.26 Å². The van der Waals surface area contributed by atoms with Gasteiger partial charge in [-0.05, 0) is 48.7 Å². The number of nitrogens with one attached hydrogen (secondary N) is 2. The highest BCUT2D eigenvalue weighted by atomic mass is 79.9. The van der Waals surface area contributed by atoms with E-state index in [2.05, 4.69) is 33.5 Å². The Balaban J connectivity index is 2.16. The van der Waals surface area contributed by atoms with E-state index in [-0.39, 0.29) is 5.57 Å². The Kier molecular flexibility index (Phi) is 6.16. The largest absolute Gasteiger partial charge is 0.360 e. The molecule has 0 radical (unpaired) electrons. The van der Waals surface area contributed by atoms with Gasteiger partial charge in [0.2, 0.25) is 0 Å². The van der Waals surface area contributed by atoms with Gasteiger partial charge in [0.25, 0.3) is 5.91 Å². The zero-order valence-corrected chi connectivity index (χ0v) is 15.1. The van der Waals surface area contributed by atoms with Crippen LogP contribution in [0.4, 0.5) is 11.4 Å². The zero-order valence-electron chi connectivity index (χ0n) is 13.6. The minimum atomic E-state index is -0.445. The van der Waals surface area contributed by atoms with Crippen LogP contribution in [0.1, 0.15) is 18.1 Å². The molecule has 0 spiro atoms. The van der Waals surface area contributed by atoms with Gasteiger partial charge in [-0.1, -0.05) is 41.1 Å². The van der Waals surface area contributed by atoms with Crippen molar-refractivity contribution >= 4 is 33.2 Å². The van der Waals surface area contributed by atoms with E-state index in [9.17, 15) is 10.1 Å². The summed E-state index contributed by atoms with van der Waals surface area (Å²) in [6, 6.07) is 15.1. The molecule has 0 aliphatic heterocycles. The molecule has 122 valence electrons. The van der Waals surface area contributed by atoms with E-state index in [0.29, 0.717) is 5.69 Å². The molecule has 5 heteroatoms. The molecule has 2 N–H and O–H groups in total. The van der Waals surface area contributed by atoms with Crippen molar-refractivity contribution in [2.75, 3.05) is 10.6 Å². The number of nitriles is 1. The van der Waals surface area contributed by atoms with E-state index < -0.39 is 5.91 Å². The third-order valence-electron chi connectivity index (χ3n) is 3.57. The third kappa shape index (κ3) is 4.46. The minimum Gasteiger partial charge on any atom is -0.360 e. The molecule has 0 aliphatic carbocycles. The predicted molar refractivity (Wildman–Crippen MR) is 101 cm³/mol. The van der Waals surface area contributed by atoms with E-state index in [1.807, 2.05) is 43.3 Å². The normalized spacial score (nSPS) is 10.8. The van der Waals surface area contributed by atoms with E-state index >= 15 is 0 Å². The van der Waals surface area contributed by atoms with Gasteiger partial charge in [-0.3, -0.25) is 4.79 Å². The summed E-state index contributed by atoms with van der Waals surface area (Å²) in [7, 11) is 0. The van der Waals surface area contributed by atoms with Crippen molar-refractivity contribution in [2.24, 2.45) is 0 Å². The summed E-state index contributed by atoms with van der Waals surface area (Å²) in [5.41, 5.74) is 3.79. The molecule has 0 atom stereocenters. The molecule has 0 saturated carbocycles. The molecule has 2 aromatic carbocycles. The highest BCUT2D eigenvalue weighted by Gasteiger charge is 2.10. The summed E-state index contributed by atoms with van der Waals surface area (Å²) in [4.78, 5) is 12.2. The summed E-state index contributed by atoms with van der Waals surface area (Å²) in [6.45, 7) is 4.05. The van der Waals surface area contributed by atoms with Crippen molar-refractivity contribution in [3.63, 3.8) is 0 Å².